The van der Waals surface area contributed by atoms with Crippen LogP contribution in [0, 0.1) is 5.82 Å². The first-order valence-electron chi connectivity index (χ1n) is 14.5. The van der Waals surface area contributed by atoms with E-state index in [2.05, 4.69) is 4.72 Å². The molecule has 3 aromatic rings. The zero-order valence-electron chi connectivity index (χ0n) is 24.1. The fraction of sp³-hybridized carbons (Fsp3) is 0.406. The molecule has 5 atom stereocenters. The molecule has 8 nitrogen and oxygen atoms in total. The van der Waals surface area contributed by atoms with E-state index in [4.69, 9.17) is 27.9 Å². The molecular weight excluding hydrogens is 630 g/mol. The molecule has 0 aromatic heterocycles. The maximum Gasteiger partial charge on any atom is 0.252 e. The summed E-state index contributed by atoms with van der Waals surface area (Å²) in [6, 6.07) is 18.4. The van der Waals surface area contributed by atoms with Gasteiger partial charge < -0.3 is 19.8 Å². The van der Waals surface area contributed by atoms with Crippen molar-refractivity contribution in [2.75, 3.05) is 11.3 Å². The van der Waals surface area contributed by atoms with E-state index in [1.807, 2.05) is 13.0 Å². The van der Waals surface area contributed by atoms with Gasteiger partial charge in [0.2, 0.25) is 10.0 Å². The zero-order valence-corrected chi connectivity index (χ0v) is 26.4. The second-order valence-electron chi connectivity index (χ2n) is 11.4. The van der Waals surface area contributed by atoms with Crippen LogP contribution < -0.4 is 4.72 Å². The molecule has 1 saturated carbocycles. The fourth-order valence-corrected chi connectivity index (χ4v) is 8.02. The summed E-state index contributed by atoms with van der Waals surface area (Å²) < 4.78 is 49.5. The van der Waals surface area contributed by atoms with Crippen molar-refractivity contribution in [3.63, 3.8) is 0 Å². The Balaban J connectivity index is 1.57. The molecule has 0 radical (unpaired) electrons. The maximum absolute atomic E-state index is 14.4. The number of para-hydroxylation sites is 1. The monoisotopic (exact) mass is 664 g/mol. The number of nitrogens with one attached hydrogen (secondary N) is 1. The number of morpholine rings is 1. The molecule has 1 aliphatic heterocycles. The number of sulfonamides is 1. The van der Waals surface area contributed by atoms with Gasteiger partial charge in [-0.25, -0.2) is 12.8 Å². The largest absolute Gasteiger partial charge is 0.394 e. The lowest BCUT2D eigenvalue weighted by Gasteiger charge is -2.49. The van der Waals surface area contributed by atoms with Crippen LogP contribution in [-0.4, -0.2) is 59.0 Å². The highest BCUT2D eigenvalue weighted by molar-refractivity contribution is 7.94. The van der Waals surface area contributed by atoms with Gasteiger partial charge in [-0.05, 0) is 73.2 Å². The van der Waals surface area contributed by atoms with E-state index in [1.54, 1.807) is 53.4 Å². The SMILES string of the molecule is CC[C@@H](CC1(S(=O)(=O)Nc2ccccc2F)CC1)N1C(=O)[C@@H](C[C@H](O)CO)O[C@H](c2cccc(Cl)c2)[C@H]1c1ccc(Cl)cc1. The topological polar surface area (TPSA) is 116 Å². The first kappa shape index (κ1) is 32.7. The number of carbonyl (C=O) groups is 1. The molecule has 12 heteroatoms. The molecule has 3 N–H and O–H groups in total. The third-order valence-electron chi connectivity index (χ3n) is 8.48. The molecule has 0 bridgehead atoms. The van der Waals surface area contributed by atoms with Crippen LogP contribution in [0.25, 0.3) is 0 Å². The summed E-state index contributed by atoms with van der Waals surface area (Å²) >= 11 is 12.6. The van der Waals surface area contributed by atoms with Crippen molar-refractivity contribution in [1.82, 2.24) is 4.90 Å². The smallest absolute Gasteiger partial charge is 0.252 e. The number of amides is 1. The van der Waals surface area contributed by atoms with E-state index >= 15 is 0 Å². The zero-order chi connectivity index (χ0) is 31.6. The number of hydrogen-bond donors (Lipinski definition) is 3. The van der Waals surface area contributed by atoms with Crippen molar-refractivity contribution in [2.24, 2.45) is 0 Å². The Morgan fingerprint density at radius 2 is 1.75 bits per heavy atom. The Kier molecular flexibility index (Phi) is 9.89. The molecule has 0 spiro atoms. The van der Waals surface area contributed by atoms with E-state index < -0.39 is 63.5 Å². The summed E-state index contributed by atoms with van der Waals surface area (Å²) in [6.45, 7) is 1.32. The van der Waals surface area contributed by atoms with Gasteiger partial charge in [0.15, 0.2) is 0 Å². The normalized spacial score (nSPS) is 22.8. The molecular formula is C32H35Cl2FN2O6S. The highest BCUT2D eigenvalue weighted by Crippen LogP contribution is 2.52. The minimum absolute atomic E-state index is 0.0979. The molecule has 1 heterocycles. The summed E-state index contributed by atoms with van der Waals surface area (Å²) in [7, 11) is -4.05. The second kappa shape index (κ2) is 13.3. The Morgan fingerprint density at radius 3 is 2.36 bits per heavy atom. The Morgan fingerprint density at radius 1 is 1.05 bits per heavy atom. The van der Waals surface area contributed by atoms with Crippen LogP contribution in [-0.2, 0) is 19.6 Å². The maximum atomic E-state index is 14.4. The van der Waals surface area contributed by atoms with Gasteiger partial charge >= 0.3 is 0 Å². The molecule has 0 unspecified atom stereocenters. The van der Waals surface area contributed by atoms with E-state index in [-0.39, 0.29) is 18.5 Å². The minimum Gasteiger partial charge on any atom is -0.394 e. The van der Waals surface area contributed by atoms with Crippen molar-refractivity contribution in [1.29, 1.82) is 0 Å². The molecule has 44 heavy (non-hydrogen) atoms. The molecule has 1 amide bonds. The summed E-state index contributed by atoms with van der Waals surface area (Å²) in [4.78, 5) is 16.0. The standard InChI is InChI=1S/C32H35Cl2FN2O6S/c1-2-24(18-32(14-15-32)44(41,42)36-27-9-4-3-8-26(27)35)37-29(20-10-12-22(33)13-11-20)30(21-6-5-7-23(34)16-21)43-28(31(37)40)17-25(39)19-38/h3-13,16,24-25,28-30,36,38-39H,2,14-15,17-19H2,1H3/t24-,25-,28+,29+,30+/m0/s1. The average molecular weight is 666 g/mol. The van der Waals surface area contributed by atoms with Gasteiger partial charge in [-0.1, -0.05) is 66.5 Å². The van der Waals surface area contributed by atoms with Crippen LogP contribution >= 0.6 is 23.2 Å². The van der Waals surface area contributed by atoms with E-state index in [9.17, 15) is 27.8 Å². The fourth-order valence-electron chi connectivity index (χ4n) is 5.97. The third-order valence-corrected chi connectivity index (χ3v) is 11.2. The number of hydrogen-bond acceptors (Lipinski definition) is 6. The average Bonchev–Trinajstić information content (AvgIpc) is 3.80. The number of aliphatic hydroxyl groups is 2. The van der Waals surface area contributed by atoms with Crippen molar-refractivity contribution in [3.8, 4) is 0 Å². The Bertz CT molecular complexity index is 1590. The molecule has 5 rings (SSSR count). The predicted molar refractivity (Wildman–Crippen MR) is 167 cm³/mol. The number of benzene rings is 3. The highest BCUT2D eigenvalue weighted by Gasteiger charge is 2.58. The number of anilines is 1. The van der Waals surface area contributed by atoms with Crippen LogP contribution in [0.5, 0.6) is 0 Å². The number of nitrogens with zero attached hydrogens (tertiary/aromatic N) is 1. The predicted octanol–water partition coefficient (Wildman–Crippen LogP) is 6.03. The van der Waals surface area contributed by atoms with Crippen LogP contribution in [0.1, 0.15) is 62.3 Å². The lowest BCUT2D eigenvalue weighted by molar-refractivity contribution is -0.184. The second-order valence-corrected chi connectivity index (χ2v) is 14.4. The molecule has 2 aliphatic rings. The van der Waals surface area contributed by atoms with Crippen molar-refractivity contribution < 1.29 is 32.6 Å². The number of ether oxygens (including phenoxy) is 1. The van der Waals surface area contributed by atoms with Gasteiger partial charge in [0, 0.05) is 22.5 Å². The van der Waals surface area contributed by atoms with Gasteiger partial charge in [-0.3, -0.25) is 9.52 Å². The van der Waals surface area contributed by atoms with Crippen LogP contribution in [0.4, 0.5) is 10.1 Å². The van der Waals surface area contributed by atoms with Crippen molar-refractivity contribution >= 4 is 44.8 Å². The molecule has 1 aliphatic carbocycles. The quantitative estimate of drug-likeness (QED) is 0.218. The lowest BCUT2D eigenvalue weighted by atomic mass is 9.88. The van der Waals surface area contributed by atoms with Gasteiger partial charge in [-0.2, -0.15) is 0 Å². The highest BCUT2D eigenvalue weighted by atomic mass is 35.5. The van der Waals surface area contributed by atoms with Gasteiger partial charge in [0.25, 0.3) is 5.91 Å². The third kappa shape index (κ3) is 6.76. The summed E-state index contributed by atoms with van der Waals surface area (Å²) in [5.41, 5.74) is 1.26. The minimum atomic E-state index is -4.05. The van der Waals surface area contributed by atoms with E-state index in [1.165, 1.54) is 18.2 Å². The molecule has 1 saturated heterocycles. The summed E-state index contributed by atoms with van der Waals surface area (Å²) in [6.07, 6.45) is -2.04. The number of halogens is 3. The summed E-state index contributed by atoms with van der Waals surface area (Å²) in [5.74, 6) is -1.11. The van der Waals surface area contributed by atoms with Crippen molar-refractivity contribution in [2.45, 2.75) is 74.2 Å². The van der Waals surface area contributed by atoms with Gasteiger partial charge in [-0.15, -0.1) is 0 Å². The van der Waals surface area contributed by atoms with E-state index in [0.717, 1.165) is 0 Å². The molecule has 2 fully saturated rings. The Labute approximate surface area is 266 Å². The van der Waals surface area contributed by atoms with Crippen LogP contribution in [0.3, 0.4) is 0 Å². The lowest BCUT2D eigenvalue weighted by Crippen LogP contribution is -2.56. The Hall–Kier alpha value is -2.73. The van der Waals surface area contributed by atoms with Gasteiger partial charge in [0.1, 0.15) is 18.0 Å². The summed E-state index contributed by atoms with van der Waals surface area (Å²) in [5, 5.41) is 20.9. The number of aliphatic hydroxyl groups excluding tert-OH is 2. The van der Waals surface area contributed by atoms with Crippen LogP contribution in [0.15, 0.2) is 72.8 Å². The van der Waals surface area contributed by atoms with Crippen LogP contribution in [0.2, 0.25) is 10.0 Å². The van der Waals surface area contributed by atoms with Crippen molar-refractivity contribution in [3.05, 3.63) is 99.8 Å². The number of carbonyl (C=O) groups excluding carboxylic acids is 1. The van der Waals surface area contributed by atoms with Gasteiger partial charge in [0.05, 0.1) is 29.2 Å². The first-order chi connectivity index (χ1) is 21.0. The first-order valence-corrected chi connectivity index (χ1v) is 16.8. The molecule has 236 valence electrons. The van der Waals surface area contributed by atoms with E-state index in [0.29, 0.717) is 40.4 Å². The molecule has 3 aromatic carbocycles. The number of rotatable bonds is 12.